The van der Waals surface area contributed by atoms with E-state index in [1.807, 2.05) is 0 Å². The topological polar surface area (TPSA) is 32.3 Å². The molecule has 0 aromatic heterocycles. The number of hydrogen-bond donors (Lipinski definition) is 1. The van der Waals surface area contributed by atoms with E-state index in [2.05, 4.69) is 47.5 Å². The first-order chi connectivity index (χ1) is 11.2. The third-order valence-corrected chi connectivity index (χ3v) is 6.15. The minimum atomic E-state index is 0.305. The zero-order valence-electron chi connectivity index (χ0n) is 14.1. The lowest BCUT2D eigenvalue weighted by Gasteiger charge is -2.35. The Bertz CT molecular complexity index is 558. The van der Waals surface area contributed by atoms with E-state index in [1.54, 1.807) is 0 Å². The van der Waals surface area contributed by atoms with E-state index in [1.165, 1.54) is 24.9 Å². The number of amides is 1. The summed E-state index contributed by atoms with van der Waals surface area (Å²) in [6.45, 7) is 5.61. The molecule has 3 fully saturated rings. The van der Waals surface area contributed by atoms with Crippen LogP contribution in [0.3, 0.4) is 0 Å². The summed E-state index contributed by atoms with van der Waals surface area (Å²) < 4.78 is 0. The predicted octanol–water partition coefficient (Wildman–Crippen LogP) is 2.95. The van der Waals surface area contributed by atoms with Crippen molar-refractivity contribution in [2.45, 2.75) is 50.5 Å². The highest BCUT2D eigenvalue weighted by Crippen LogP contribution is 2.48. The molecule has 0 unspecified atom stereocenters. The highest BCUT2D eigenvalue weighted by Gasteiger charge is 2.45. The second-order valence-corrected chi connectivity index (χ2v) is 8.02. The molecule has 2 saturated carbocycles. The van der Waals surface area contributed by atoms with E-state index in [-0.39, 0.29) is 0 Å². The largest absolute Gasteiger partial charge is 0.353 e. The number of benzene rings is 1. The van der Waals surface area contributed by atoms with E-state index in [0.717, 1.165) is 32.4 Å². The van der Waals surface area contributed by atoms with Crippen LogP contribution in [0.15, 0.2) is 30.3 Å². The van der Waals surface area contributed by atoms with Gasteiger partial charge in [-0.3, -0.25) is 4.79 Å². The third kappa shape index (κ3) is 3.30. The highest BCUT2D eigenvalue weighted by atomic mass is 16.2. The van der Waals surface area contributed by atoms with Crippen LogP contribution < -0.4 is 5.32 Å². The Morgan fingerprint density at radius 3 is 2.43 bits per heavy atom. The second-order valence-electron chi connectivity index (χ2n) is 8.02. The summed E-state index contributed by atoms with van der Waals surface area (Å²) in [5.74, 6) is 1.22. The fraction of sp³-hybridized carbons (Fsp3) is 0.650. The molecule has 1 saturated heterocycles. The smallest absolute Gasteiger partial charge is 0.223 e. The molecule has 1 amide bonds. The summed E-state index contributed by atoms with van der Waals surface area (Å²) in [4.78, 5) is 14.7. The van der Waals surface area contributed by atoms with Gasteiger partial charge in [0.15, 0.2) is 0 Å². The molecule has 1 aliphatic heterocycles. The van der Waals surface area contributed by atoms with Crippen molar-refractivity contribution in [3.05, 3.63) is 35.9 Å². The lowest BCUT2D eigenvalue weighted by Crippen LogP contribution is -2.47. The molecule has 1 aromatic carbocycles. The van der Waals surface area contributed by atoms with Crippen LogP contribution in [-0.4, -0.2) is 36.5 Å². The number of carbonyl (C=O) groups is 1. The number of piperidine rings is 1. The van der Waals surface area contributed by atoms with Crippen molar-refractivity contribution in [1.29, 1.82) is 0 Å². The maximum atomic E-state index is 12.1. The lowest BCUT2D eigenvalue weighted by atomic mass is 9.94. The summed E-state index contributed by atoms with van der Waals surface area (Å²) in [5, 5.41) is 3.28. The molecule has 2 aliphatic carbocycles. The van der Waals surface area contributed by atoms with Crippen LogP contribution in [0.2, 0.25) is 0 Å². The Morgan fingerprint density at radius 2 is 1.87 bits per heavy atom. The summed E-state index contributed by atoms with van der Waals surface area (Å²) >= 11 is 0. The van der Waals surface area contributed by atoms with Gasteiger partial charge in [-0.05, 0) is 43.6 Å². The van der Waals surface area contributed by atoms with E-state index >= 15 is 0 Å². The molecule has 4 rings (SSSR count). The Morgan fingerprint density at radius 1 is 1.22 bits per heavy atom. The van der Waals surface area contributed by atoms with E-state index in [9.17, 15) is 4.79 Å². The summed E-state index contributed by atoms with van der Waals surface area (Å²) in [5.41, 5.74) is 1.93. The summed E-state index contributed by atoms with van der Waals surface area (Å²) in [6, 6.07) is 11.4. The Balaban J connectivity index is 1.26. The average molecular weight is 312 g/mol. The molecule has 1 heterocycles. The first-order valence-electron chi connectivity index (χ1n) is 9.25. The molecule has 1 N–H and O–H groups in total. The van der Waals surface area contributed by atoms with Crippen LogP contribution in [0.4, 0.5) is 0 Å². The van der Waals surface area contributed by atoms with Crippen LogP contribution in [0.5, 0.6) is 0 Å². The van der Waals surface area contributed by atoms with Crippen molar-refractivity contribution in [2.75, 3.05) is 19.6 Å². The fourth-order valence-electron chi connectivity index (χ4n) is 4.14. The Hall–Kier alpha value is -1.35. The Kier molecular flexibility index (Phi) is 3.92. The van der Waals surface area contributed by atoms with Crippen molar-refractivity contribution >= 4 is 5.91 Å². The molecule has 23 heavy (non-hydrogen) atoms. The molecule has 3 heteroatoms. The SMILES string of the molecule is C[C@H]1C[C@H]1C(=O)NC1CCN(CC2(c3ccccc3)CC2)CC1. The van der Waals surface area contributed by atoms with Gasteiger partial charge in [0, 0.05) is 37.0 Å². The first-order valence-corrected chi connectivity index (χ1v) is 9.25. The molecule has 0 radical (unpaired) electrons. The van der Waals surface area contributed by atoms with Crippen molar-refractivity contribution < 1.29 is 4.79 Å². The molecule has 3 nitrogen and oxygen atoms in total. The van der Waals surface area contributed by atoms with Crippen LogP contribution in [0, 0.1) is 11.8 Å². The van der Waals surface area contributed by atoms with Gasteiger partial charge in [0.1, 0.15) is 0 Å². The van der Waals surface area contributed by atoms with E-state index in [4.69, 9.17) is 0 Å². The number of hydrogen-bond acceptors (Lipinski definition) is 2. The van der Waals surface area contributed by atoms with Crippen LogP contribution in [-0.2, 0) is 10.2 Å². The van der Waals surface area contributed by atoms with Gasteiger partial charge in [-0.15, -0.1) is 0 Å². The number of nitrogens with one attached hydrogen (secondary N) is 1. The molecule has 3 aliphatic rings. The molecular formula is C20H28N2O. The number of nitrogens with zero attached hydrogens (tertiary/aromatic N) is 1. The number of likely N-dealkylation sites (tertiary alicyclic amines) is 1. The highest BCUT2D eigenvalue weighted by molar-refractivity contribution is 5.81. The van der Waals surface area contributed by atoms with Gasteiger partial charge in [-0.25, -0.2) is 0 Å². The van der Waals surface area contributed by atoms with Gasteiger partial charge in [0.05, 0.1) is 0 Å². The maximum Gasteiger partial charge on any atom is 0.223 e. The minimum Gasteiger partial charge on any atom is -0.353 e. The van der Waals surface area contributed by atoms with Gasteiger partial charge in [-0.2, -0.15) is 0 Å². The maximum absolute atomic E-state index is 12.1. The third-order valence-electron chi connectivity index (χ3n) is 6.15. The second kappa shape index (κ2) is 5.94. The van der Waals surface area contributed by atoms with Gasteiger partial charge >= 0.3 is 0 Å². The lowest BCUT2D eigenvalue weighted by molar-refractivity contribution is -0.123. The summed E-state index contributed by atoms with van der Waals surface area (Å²) in [6.07, 6.45) is 5.96. The first kappa shape index (κ1) is 15.2. The van der Waals surface area contributed by atoms with Crippen molar-refractivity contribution in [1.82, 2.24) is 10.2 Å². The van der Waals surface area contributed by atoms with E-state index < -0.39 is 0 Å². The van der Waals surface area contributed by atoms with Crippen LogP contribution >= 0.6 is 0 Å². The molecule has 124 valence electrons. The predicted molar refractivity (Wildman–Crippen MR) is 92.2 cm³/mol. The molecule has 0 spiro atoms. The standard InChI is InChI=1S/C20H28N2O/c1-15-13-18(15)19(23)21-17-7-11-22(12-8-17)14-20(9-10-20)16-5-3-2-4-6-16/h2-6,15,17-18H,7-14H2,1H3,(H,21,23)/t15-,18+/m0/s1. The fourth-order valence-corrected chi connectivity index (χ4v) is 4.14. The molecule has 2 atom stereocenters. The van der Waals surface area contributed by atoms with Crippen LogP contribution in [0.25, 0.3) is 0 Å². The minimum absolute atomic E-state index is 0.305. The van der Waals surface area contributed by atoms with E-state index in [0.29, 0.717) is 29.2 Å². The van der Waals surface area contributed by atoms with Crippen molar-refractivity contribution in [2.24, 2.45) is 11.8 Å². The van der Waals surface area contributed by atoms with Gasteiger partial charge < -0.3 is 10.2 Å². The molecule has 0 bridgehead atoms. The van der Waals surface area contributed by atoms with Crippen molar-refractivity contribution in [3.8, 4) is 0 Å². The van der Waals surface area contributed by atoms with Gasteiger partial charge in [0.25, 0.3) is 0 Å². The molecule has 1 aromatic rings. The summed E-state index contributed by atoms with van der Waals surface area (Å²) in [7, 11) is 0. The molecular weight excluding hydrogens is 284 g/mol. The monoisotopic (exact) mass is 312 g/mol. The Labute approximate surface area is 139 Å². The average Bonchev–Trinajstić information content (AvgIpc) is 3.48. The number of carbonyl (C=O) groups excluding carboxylic acids is 1. The number of rotatable bonds is 5. The normalized spacial score (nSPS) is 30.0. The zero-order valence-corrected chi connectivity index (χ0v) is 14.1. The van der Waals surface area contributed by atoms with Gasteiger partial charge in [0.2, 0.25) is 5.91 Å². The van der Waals surface area contributed by atoms with Crippen LogP contribution in [0.1, 0.15) is 44.6 Å². The van der Waals surface area contributed by atoms with Crippen molar-refractivity contribution in [3.63, 3.8) is 0 Å². The zero-order chi connectivity index (χ0) is 15.9. The quantitative estimate of drug-likeness (QED) is 0.906. The van der Waals surface area contributed by atoms with Gasteiger partial charge in [-0.1, -0.05) is 37.3 Å².